The van der Waals surface area contributed by atoms with E-state index in [1.54, 1.807) is 35.4 Å². The van der Waals surface area contributed by atoms with Crippen LogP contribution >= 0.6 is 11.3 Å². The number of carboxylic acid groups (broad SMARTS) is 1. The van der Waals surface area contributed by atoms with Crippen molar-refractivity contribution < 1.29 is 14.6 Å². The highest BCUT2D eigenvalue weighted by molar-refractivity contribution is 7.12. The topological polar surface area (TPSA) is 110 Å². The van der Waals surface area contributed by atoms with E-state index < -0.39 is 11.4 Å². The van der Waals surface area contributed by atoms with Crippen molar-refractivity contribution >= 4 is 34.2 Å². The Kier molecular flexibility index (Phi) is 5.53. The van der Waals surface area contributed by atoms with Gasteiger partial charge in [0.25, 0.3) is 0 Å². The Morgan fingerprint density at radius 3 is 2.88 bits per heavy atom. The Morgan fingerprint density at radius 1 is 1.27 bits per heavy atom. The number of thiazole rings is 1. The number of aromatic carboxylic acids is 1. The number of para-hydroxylation sites is 1. The lowest BCUT2D eigenvalue weighted by Crippen LogP contribution is -2.46. The summed E-state index contributed by atoms with van der Waals surface area (Å²) in [6.45, 7) is 2.14. The van der Waals surface area contributed by atoms with Crippen LogP contribution in [0.5, 0.6) is 5.75 Å². The van der Waals surface area contributed by atoms with Gasteiger partial charge in [-0.15, -0.1) is 11.3 Å². The molecule has 1 aromatic carbocycles. The molecule has 0 bridgehead atoms. The SMILES string of the molecule is COc1ccccc1C1CN(c2ccc3c(=O)c(C(=O)O)cn(-c4nccs4)c3n2)CCN1. The predicted octanol–water partition coefficient (Wildman–Crippen LogP) is 2.70. The molecule has 10 heteroatoms. The predicted molar refractivity (Wildman–Crippen MR) is 126 cm³/mol. The van der Waals surface area contributed by atoms with Crippen LogP contribution in [0.3, 0.4) is 0 Å². The Balaban J connectivity index is 1.58. The summed E-state index contributed by atoms with van der Waals surface area (Å²) < 4.78 is 7.11. The van der Waals surface area contributed by atoms with Gasteiger partial charge in [-0.2, -0.15) is 0 Å². The Labute approximate surface area is 192 Å². The van der Waals surface area contributed by atoms with Crippen LogP contribution in [0.15, 0.2) is 59.0 Å². The number of hydrogen-bond acceptors (Lipinski definition) is 8. The Bertz CT molecular complexity index is 1390. The number of carboxylic acids is 1. The highest BCUT2D eigenvalue weighted by Gasteiger charge is 2.25. The monoisotopic (exact) mass is 463 g/mol. The molecule has 1 unspecified atom stereocenters. The number of rotatable bonds is 5. The zero-order valence-corrected chi connectivity index (χ0v) is 18.6. The lowest BCUT2D eigenvalue weighted by molar-refractivity contribution is 0.0695. The van der Waals surface area contributed by atoms with E-state index in [-0.39, 0.29) is 17.0 Å². The molecule has 0 aliphatic carbocycles. The van der Waals surface area contributed by atoms with Crippen LogP contribution in [-0.4, -0.2) is 52.4 Å². The number of piperazine rings is 1. The van der Waals surface area contributed by atoms with Crippen molar-refractivity contribution in [3.05, 3.63) is 75.5 Å². The average molecular weight is 464 g/mol. The third-order valence-electron chi connectivity index (χ3n) is 5.71. The molecule has 5 rings (SSSR count). The summed E-state index contributed by atoms with van der Waals surface area (Å²) in [5.74, 6) is 0.247. The highest BCUT2D eigenvalue weighted by atomic mass is 32.1. The molecule has 1 aliphatic rings. The van der Waals surface area contributed by atoms with Crippen molar-refractivity contribution in [1.29, 1.82) is 0 Å². The van der Waals surface area contributed by atoms with E-state index in [1.807, 2.05) is 24.3 Å². The minimum atomic E-state index is -1.28. The minimum absolute atomic E-state index is 0.0444. The second-order valence-electron chi connectivity index (χ2n) is 7.60. The van der Waals surface area contributed by atoms with Gasteiger partial charge in [0.1, 0.15) is 17.1 Å². The average Bonchev–Trinajstić information content (AvgIpc) is 3.38. The van der Waals surface area contributed by atoms with Gasteiger partial charge in [-0.1, -0.05) is 18.2 Å². The molecule has 4 heterocycles. The van der Waals surface area contributed by atoms with Crippen molar-refractivity contribution in [1.82, 2.24) is 19.9 Å². The van der Waals surface area contributed by atoms with E-state index in [0.717, 1.165) is 24.4 Å². The maximum absolute atomic E-state index is 12.8. The molecular formula is C23H21N5O4S. The lowest BCUT2D eigenvalue weighted by atomic mass is 10.0. The van der Waals surface area contributed by atoms with Crippen LogP contribution in [0.1, 0.15) is 22.0 Å². The van der Waals surface area contributed by atoms with Crippen molar-refractivity contribution in [2.24, 2.45) is 0 Å². The first kappa shape index (κ1) is 21.1. The summed E-state index contributed by atoms with van der Waals surface area (Å²) in [7, 11) is 1.66. The third kappa shape index (κ3) is 3.83. The van der Waals surface area contributed by atoms with Gasteiger partial charge in [0, 0.05) is 43.0 Å². The number of benzene rings is 1. The molecule has 4 aromatic rings. The fraction of sp³-hybridized carbons (Fsp3) is 0.217. The first-order valence-electron chi connectivity index (χ1n) is 10.4. The molecular weight excluding hydrogens is 442 g/mol. The van der Waals surface area contributed by atoms with Crippen molar-refractivity contribution in [2.45, 2.75) is 6.04 Å². The summed E-state index contributed by atoms with van der Waals surface area (Å²) >= 11 is 1.34. The van der Waals surface area contributed by atoms with Gasteiger partial charge in [-0.3, -0.25) is 9.36 Å². The van der Waals surface area contributed by atoms with E-state index in [2.05, 4.69) is 15.2 Å². The van der Waals surface area contributed by atoms with Crippen LogP contribution in [-0.2, 0) is 0 Å². The molecule has 3 aromatic heterocycles. The number of nitrogens with one attached hydrogen (secondary N) is 1. The molecule has 9 nitrogen and oxygen atoms in total. The van der Waals surface area contributed by atoms with Crippen molar-refractivity contribution in [2.75, 3.05) is 31.6 Å². The van der Waals surface area contributed by atoms with E-state index >= 15 is 0 Å². The molecule has 1 atom stereocenters. The number of ether oxygens (including phenoxy) is 1. The van der Waals surface area contributed by atoms with E-state index in [0.29, 0.717) is 23.1 Å². The molecule has 0 spiro atoms. The molecule has 168 valence electrons. The summed E-state index contributed by atoms with van der Waals surface area (Å²) in [6.07, 6.45) is 2.93. The van der Waals surface area contributed by atoms with Gasteiger partial charge in [-0.25, -0.2) is 14.8 Å². The first-order valence-corrected chi connectivity index (χ1v) is 11.3. The van der Waals surface area contributed by atoms with Gasteiger partial charge in [-0.05, 0) is 18.2 Å². The maximum Gasteiger partial charge on any atom is 0.341 e. The number of anilines is 1. The zero-order chi connectivity index (χ0) is 22.9. The number of nitrogens with zero attached hydrogens (tertiary/aromatic N) is 4. The summed E-state index contributed by atoms with van der Waals surface area (Å²) in [5.41, 5.74) is 0.573. The number of carbonyl (C=O) groups is 1. The van der Waals surface area contributed by atoms with E-state index in [4.69, 9.17) is 9.72 Å². The number of pyridine rings is 2. The molecule has 1 saturated heterocycles. The molecule has 1 fully saturated rings. The van der Waals surface area contributed by atoms with E-state index in [9.17, 15) is 14.7 Å². The maximum atomic E-state index is 12.8. The second-order valence-corrected chi connectivity index (χ2v) is 8.47. The highest BCUT2D eigenvalue weighted by Crippen LogP contribution is 2.29. The molecule has 0 saturated carbocycles. The molecule has 0 amide bonds. The van der Waals surface area contributed by atoms with Gasteiger partial charge in [0.05, 0.1) is 18.5 Å². The largest absolute Gasteiger partial charge is 0.496 e. The fourth-order valence-electron chi connectivity index (χ4n) is 4.12. The first-order chi connectivity index (χ1) is 16.1. The summed E-state index contributed by atoms with van der Waals surface area (Å²) in [6, 6.07) is 11.4. The standard InChI is InChI=1S/C23H21N5O4S/c1-32-18-5-3-2-4-14(18)17-13-27(10-8-24-17)19-7-6-15-20(29)16(22(30)31)12-28(21(15)26-19)23-25-9-11-33-23/h2-7,9,11-12,17,24H,8,10,13H2,1H3,(H,30,31). The third-order valence-corrected chi connectivity index (χ3v) is 6.48. The normalized spacial score (nSPS) is 16.2. The van der Waals surface area contributed by atoms with Crippen LogP contribution < -0.4 is 20.4 Å². The van der Waals surface area contributed by atoms with Crippen LogP contribution in [0, 0.1) is 0 Å². The van der Waals surface area contributed by atoms with Crippen molar-refractivity contribution in [3.8, 4) is 10.9 Å². The Morgan fingerprint density at radius 2 is 2.12 bits per heavy atom. The van der Waals surface area contributed by atoms with E-state index in [1.165, 1.54) is 17.5 Å². The molecule has 2 N–H and O–H groups in total. The zero-order valence-electron chi connectivity index (χ0n) is 17.8. The van der Waals surface area contributed by atoms with Crippen LogP contribution in [0.2, 0.25) is 0 Å². The summed E-state index contributed by atoms with van der Waals surface area (Å²) in [5, 5.41) is 15.6. The van der Waals surface area contributed by atoms with Gasteiger partial charge in [0.15, 0.2) is 10.8 Å². The number of methoxy groups -OCH3 is 1. The van der Waals surface area contributed by atoms with Gasteiger partial charge in [0.2, 0.25) is 5.43 Å². The van der Waals surface area contributed by atoms with Gasteiger partial charge >= 0.3 is 5.97 Å². The fourth-order valence-corrected chi connectivity index (χ4v) is 4.74. The summed E-state index contributed by atoms with van der Waals surface area (Å²) in [4.78, 5) is 35.7. The number of aromatic nitrogens is 3. The minimum Gasteiger partial charge on any atom is -0.496 e. The number of fused-ring (bicyclic) bond motifs is 1. The van der Waals surface area contributed by atoms with Crippen LogP contribution in [0.25, 0.3) is 16.2 Å². The molecule has 1 aliphatic heterocycles. The number of hydrogen-bond donors (Lipinski definition) is 2. The smallest absolute Gasteiger partial charge is 0.341 e. The quantitative estimate of drug-likeness (QED) is 0.465. The lowest BCUT2D eigenvalue weighted by Gasteiger charge is -2.35. The molecule has 0 radical (unpaired) electrons. The second kappa shape index (κ2) is 8.64. The Hall–Kier alpha value is -3.76. The van der Waals surface area contributed by atoms with Crippen molar-refractivity contribution in [3.63, 3.8) is 0 Å². The molecule has 33 heavy (non-hydrogen) atoms. The van der Waals surface area contributed by atoms with Gasteiger partial charge < -0.3 is 20.1 Å². The van der Waals surface area contributed by atoms with Crippen LogP contribution in [0.4, 0.5) is 5.82 Å².